The number of rotatable bonds is 6. The maximum absolute atomic E-state index is 12.6. The summed E-state index contributed by atoms with van der Waals surface area (Å²) in [4.78, 5) is 16.1. The quantitative estimate of drug-likeness (QED) is 0.700. The standard InChI is InChI=1S/C14H17N5O4S2/c20-13(9-24-14-15-10-16-18-14)17-11-2-1-3-12(8-11)25(21,22)19-4-6-23-7-5-19/h1-3,8,10H,4-7,9H2,(H,17,20)(H,15,16,18). The molecule has 134 valence electrons. The van der Waals surface area contributed by atoms with Crippen LogP contribution in [0.1, 0.15) is 0 Å². The number of amides is 1. The maximum atomic E-state index is 12.6. The van der Waals surface area contributed by atoms with E-state index in [0.29, 0.717) is 37.1 Å². The Morgan fingerprint density at radius 1 is 1.36 bits per heavy atom. The highest BCUT2D eigenvalue weighted by atomic mass is 32.2. The lowest BCUT2D eigenvalue weighted by Crippen LogP contribution is -2.40. The van der Waals surface area contributed by atoms with Gasteiger partial charge in [-0.15, -0.1) is 0 Å². The van der Waals surface area contributed by atoms with E-state index in [1.807, 2.05) is 0 Å². The number of morpholine rings is 1. The summed E-state index contributed by atoms with van der Waals surface area (Å²) in [7, 11) is -3.59. The molecule has 1 saturated heterocycles. The number of anilines is 1. The van der Waals surface area contributed by atoms with Gasteiger partial charge >= 0.3 is 0 Å². The predicted octanol–water partition coefficient (Wildman–Crippen LogP) is 0.556. The molecule has 2 aromatic rings. The molecule has 1 aromatic carbocycles. The van der Waals surface area contributed by atoms with Crippen LogP contribution in [-0.2, 0) is 19.6 Å². The Bertz CT molecular complexity index is 820. The van der Waals surface area contributed by atoms with Crippen molar-refractivity contribution in [2.75, 3.05) is 37.4 Å². The van der Waals surface area contributed by atoms with Crippen molar-refractivity contribution in [3.8, 4) is 0 Å². The van der Waals surface area contributed by atoms with Crippen molar-refractivity contribution in [2.45, 2.75) is 10.1 Å². The number of aromatic nitrogens is 3. The Hall–Kier alpha value is -1.95. The fourth-order valence-electron chi connectivity index (χ4n) is 2.27. The minimum Gasteiger partial charge on any atom is -0.379 e. The van der Waals surface area contributed by atoms with E-state index in [4.69, 9.17) is 4.74 Å². The number of ether oxygens (including phenoxy) is 1. The molecule has 0 radical (unpaired) electrons. The van der Waals surface area contributed by atoms with Gasteiger partial charge in [-0.05, 0) is 18.2 Å². The number of hydrogen-bond acceptors (Lipinski definition) is 7. The zero-order chi connectivity index (χ0) is 17.7. The molecule has 11 heteroatoms. The SMILES string of the molecule is O=C(CSc1ncn[nH]1)Nc1cccc(S(=O)(=O)N2CCOCC2)c1. The lowest BCUT2D eigenvalue weighted by molar-refractivity contribution is -0.113. The van der Waals surface area contributed by atoms with Crippen LogP contribution in [0.15, 0.2) is 40.6 Å². The molecule has 3 rings (SSSR count). The second-order valence-electron chi connectivity index (χ2n) is 5.17. The van der Waals surface area contributed by atoms with Crippen LogP contribution in [0, 0.1) is 0 Å². The normalized spacial score (nSPS) is 15.8. The van der Waals surface area contributed by atoms with Crippen molar-refractivity contribution >= 4 is 33.4 Å². The highest BCUT2D eigenvalue weighted by Gasteiger charge is 2.26. The van der Waals surface area contributed by atoms with Crippen molar-refractivity contribution in [3.63, 3.8) is 0 Å². The minimum absolute atomic E-state index is 0.135. The number of hydrogen-bond donors (Lipinski definition) is 2. The third-order valence-corrected chi connectivity index (χ3v) is 6.23. The van der Waals surface area contributed by atoms with Gasteiger partial charge in [-0.3, -0.25) is 9.89 Å². The largest absolute Gasteiger partial charge is 0.379 e. The summed E-state index contributed by atoms with van der Waals surface area (Å²) in [5, 5.41) is 9.58. The lowest BCUT2D eigenvalue weighted by Gasteiger charge is -2.26. The average molecular weight is 383 g/mol. The molecule has 0 saturated carbocycles. The Morgan fingerprint density at radius 3 is 2.88 bits per heavy atom. The molecule has 0 atom stereocenters. The minimum atomic E-state index is -3.59. The molecule has 0 bridgehead atoms. The summed E-state index contributed by atoms with van der Waals surface area (Å²) in [6, 6.07) is 6.23. The molecule has 2 heterocycles. The summed E-state index contributed by atoms with van der Waals surface area (Å²) in [6.45, 7) is 1.42. The first-order valence-electron chi connectivity index (χ1n) is 7.52. The molecule has 25 heavy (non-hydrogen) atoms. The van der Waals surface area contributed by atoms with Gasteiger partial charge in [0.2, 0.25) is 15.9 Å². The number of thioether (sulfide) groups is 1. The van der Waals surface area contributed by atoms with Gasteiger partial charge in [-0.1, -0.05) is 17.8 Å². The fourth-order valence-corrected chi connectivity index (χ4v) is 4.30. The molecule has 0 spiro atoms. The number of benzene rings is 1. The van der Waals surface area contributed by atoms with Gasteiger partial charge in [0.15, 0.2) is 5.16 Å². The predicted molar refractivity (Wildman–Crippen MR) is 91.8 cm³/mol. The summed E-state index contributed by atoms with van der Waals surface area (Å²) < 4.78 is 31.9. The zero-order valence-electron chi connectivity index (χ0n) is 13.2. The molecule has 1 aliphatic heterocycles. The highest BCUT2D eigenvalue weighted by Crippen LogP contribution is 2.21. The first-order chi connectivity index (χ1) is 12.1. The van der Waals surface area contributed by atoms with E-state index in [-0.39, 0.29) is 16.6 Å². The number of nitrogens with zero attached hydrogens (tertiary/aromatic N) is 3. The Balaban J connectivity index is 1.65. The smallest absolute Gasteiger partial charge is 0.243 e. The summed E-state index contributed by atoms with van der Waals surface area (Å²) in [6.07, 6.45) is 1.36. The summed E-state index contributed by atoms with van der Waals surface area (Å²) in [5.41, 5.74) is 0.428. The topological polar surface area (TPSA) is 117 Å². The van der Waals surface area contributed by atoms with Crippen LogP contribution in [0.25, 0.3) is 0 Å². The molecular weight excluding hydrogens is 366 g/mol. The lowest BCUT2D eigenvalue weighted by atomic mass is 10.3. The third kappa shape index (κ3) is 4.57. The highest BCUT2D eigenvalue weighted by molar-refractivity contribution is 7.99. The number of sulfonamides is 1. The first kappa shape index (κ1) is 17.9. The van der Waals surface area contributed by atoms with Crippen molar-refractivity contribution in [2.24, 2.45) is 0 Å². The Kier molecular flexibility index (Phi) is 5.68. The van der Waals surface area contributed by atoms with Crippen LogP contribution in [0.4, 0.5) is 5.69 Å². The number of H-pyrrole nitrogens is 1. The molecular formula is C14H17N5O4S2. The van der Waals surface area contributed by atoms with Gasteiger partial charge in [-0.2, -0.15) is 9.40 Å². The molecule has 2 N–H and O–H groups in total. The van der Waals surface area contributed by atoms with E-state index in [1.54, 1.807) is 12.1 Å². The van der Waals surface area contributed by atoms with Gasteiger partial charge in [-0.25, -0.2) is 13.4 Å². The zero-order valence-corrected chi connectivity index (χ0v) is 14.8. The molecule has 1 aromatic heterocycles. The molecule has 1 amide bonds. The van der Waals surface area contributed by atoms with Crippen LogP contribution in [-0.4, -0.2) is 65.9 Å². The number of carbonyl (C=O) groups is 1. The molecule has 9 nitrogen and oxygen atoms in total. The van der Waals surface area contributed by atoms with Crippen molar-refractivity contribution in [3.05, 3.63) is 30.6 Å². The second-order valence-corrected chi connectivity index (χ2v) is 8.07. The van der Waals surface area contributed by atoms with Crippen LogP contribution < -0.4 is 5.32 Å². The number of nitrogens with one attached hydrogen (secondary N) is 2. The van der Waals surface area contributed by atoms with E-state index in [9.17, 15) is 13.2 Å². The van der Waals surface area contributed by atoms with Gasteiger partial charge in [0.05, 0.1) is 23.9 Å². The van der Waals surface area contributed by atoms with E-state index in [1.165, 1.54) is 34.5 Å². The van der Waals surface area contributed by atoms with E-state index < -0.39 is 10.0 Å². The van der Waals surface area contributed by atoms with Gasteiger partial charge < -0.3 is 10.1 Å². The van der Waals surface area contributed by atoms with Gasteiger partial charge in [0, 0.05) is 18.8 Å². The van der Waals surface area contributed by atoms with Crippen LogP contribution in [0.2, 0.25) is 0 Å². The monoisotopic (exact) mass is 383 g/mol. The number of carbonyl (C=O) groups excluding carboxylic acids is 1. The first-order valence-corrected chi connectivity index (χ1v) is 9.94. The van der Waals surface area contributed by atoms with E-state index >= 15 is 0 Å². The van der Waals surface area contributed by atoms with Crippen molar-refractivity contribution in [1.82, 2.24) is 19.5 Å². The van der Waals surface area contributed by atoms with E-state index in [0.717, 1.165) is 0 Å². The second kappa shape index (κ2) is 7.95. The maximum Gasteiger partial charge on any atom is 0.243 e. The van der Waals surface area contributed by atoms with E-state index in [2.05, 4.69) is 20.5 Å². The summed E-state index contributed by atoms with van der Waals surface area (Å²) >= 11 is 1.21. The van der Waals surface area contributed by atoms with Gasteiger partial charge in [0.25, 0.3) is 0 Å². The summed E-state index contributed by atoms with van der Waals surface area (Å²) in [5.74, 6) is -0.127. The average Bonchev–Trinajstić information content (AvgIpc) is 3.14. The van der Waals surface area contributed by atoms with Crippen LogP contribution in [0.5, 0.6) is 0 Å². The molecule has 0 aliphatic carbocycles. The number of aromatic amines is 1. The van der Waals surface area contributed by atoms with Gasteiger partial charge in [0.1, 0.15) is 6.33 Å². The Morgan fingerprint density at radius 2 is 2.16 bits per heavy atom. The fraction of sp³-hybridized carbons (Fsp3) is 0.357. The molecule has 1 aliphatic rings. The Labute approximate surface area is 149 Å². The van der Waals surface area contributed by atoms with Crippen molar-refractivity contribution < 1.29 is 17.9 Å². The van der Waals surface area contributed by atoms with Crippen LogP contribution >= 0.6 is 11.8 Å². The third-order valence-electron chi connectivity index (χ3n) is 3.46. The molecule has 0 unspecified atom stereocenters. The molecule has 1 fully saturated rings. The van der Waals surface area contributed by atoms with Crippen LogP contribution in [0.3, 0.4) is 0 Å². The van der Waals surface area contributed by atoms with Crippen molar-refractivity contribution in [1.29, 1.82) is 0 Å².